The lowest BCUT2D eigenvalue weighted by atomic mass is 9.98. The number of methoxy groups -OCH3 is 1. The van der Waals surface area contributed by atoms with Crippen LogP contribution in [0.4, 0.5) is 5.69 Å². The molecule has 0 aliphatic rings. The van der Waals surface area contributed by atoms with Gasteiger partial charge in [-0.3, -0.25) is 0 Å². The van der Waals surface area contributed by atoms with Gasteiger partial charge in [-0.25, -0.2) is 0 Å². The van der Waals surface area contributed by atoms with Crippen LogP contribution in [0.15, 0.2) is 18.2 Å². The molecule has 0 saturated carbocycles. The molecule has 0 fully saturated rings. The van der Waals surface area contributed by atoms with Crippen LogP contribution in [0.3, 0.4) is 0 Å². The highest BCUT2D eigenvalue weighted by atomic mass is 16.5. The molecule has 64 valence electrons. The van der Waals surface area contributed by atoms with Crippen LogP contribution >= 0.6 is 0 Å². The molecule has 0 atom stereocenters. The summed E-state index contributed by atoms with van der Waals surface area (Å²) < 4.78 is 5.10. The molecule has 0 aliphatic heterocycles. The van der Waals surface area contributed by atoms with Crippen molar-refractivity contribution in [1.82, 2.24) is 0 Å². The van der Waals surface area contributed by atoms with E-state index in [0.717, 1.165) is 13.2 Å². The van der Waals surface area contributed by atoms with E-state index in [-0.39, 0.29) is 0 Å². The Labute approximate surface area is 74.2 Å². The number of hydrogen-bond acceptors (Lipinski definition) is 2. The van der Waals surface area contributed by atoms with Crippen molar-refractivity contribution in [2.24, 2.45) is 0 Å². The predicted molar refractivity (Wildman–Crippen MR) is 54.4 cm³/mol. The minimum Gasteiger partial charge on any atom is -0.497 e. The first kappa shape index (κ1) is 8.98. The molecular weight excluding hydrogens is 149 g/mol. The van der Waals surface area contributed by atoms with Crippen LogP contribution in [0.2, 0.25) is 6.82 Å². The second-order valence-electron chi connectivity index (χ2n) is 2.71. The van der Waals surface area contributed by atoms with Gasteiger partial charge in [-0.15, -0.1) is 0 Å². The van der Waals surface area contributed by atoms with E-state index in [1.807, 2.05) is 18.2 Å². The average Bonchev–Trinajstić information content (AvgIpc) is 2.09. The van der Waals surface area contributed by atoms with E-state index in [1.54, 1.807) is 7.11 Å². The number of ether oxygens (including phenoxy) is 1. The normalized spacial score (nSPS) is 9.25. The summed E-state index contributed by atoms with van der Waals surface area (Å²) in [6.45, 7) is 4.16. The van der Waals surface area contributed by atoms with E-state index in [0.29, 0.717) is 0 Å². The summed E-state index contributed by atoms with van der Waals surface area (Å²) in [6.07, 6.45) is 0. The van der Waals surface area contributed by atoms with Gasteiger partial charge in [0.2, 0.25) is 7.41 Å². The quantitative estimate of drug-likeness (QED) is 0.686. The first-order valence-electron chi connectivity index (χ1n) is 4.16. The molecule has 0 spiro atoms. The minimum atomic E-state index is 0.911. The molecule has 2 nitrogen and oxygen atoms in total. The maximum absolute atomic E-state index is 5.10. The van der Waals surface area contributed by atoms with E-state index in [2.05, 4.69) is 19.0 Å². The minimum absolute atomic E-state index is 0.911. The predicted octanol–water partition coefficient (Wildman–Crippen LogP) is 1.82. The topological polar surface area (TPSA) is 21.3 Å². The van der Waals surface area contributed by atoms with E-state index in [1.165, 1.54) is 11.3 Å². The van der Waals surface area contributed by atoms with Gasteiger partial charge in [-0.2, -0.15) is 0 Å². The van der Waals surface area contributed by atoms with Crippen molar-refractivity contribution < 1.29 is 4.74 Å². The lowest BCUT2D eigenvalue weighted by Gasteiger charge is -2.08. The lowest BCUT2D eigenvalue weighted by molar-refractivity contribution is 0.414. The molecule has 0 aliphatic carbocycles. The maximum Gasteiger partial charge on any atom is 0.229 e. The first-order chi connectivity index (χ1) is 5.77. The Kier molecular flexibility index (Phi) is 3.03. The van der Waals surface area contributed by atoms with Crippen LogP contribution in [0, 0.1) is 6.92 Å². The third kappa shape index (κ3) is 1.94. The van der Waals surface area contributed by atoms with Crippen molar-refractivity contribution in [2.75, 3.05) is 12.3 Å². The second kappa shape index (κ2) is 4.05. The Morgan fingerprint density at radius 3 is 2.67 bits per heavy atom. The Balaban J connectivity index is 2.87. The second-order valence-corrected chi connectivity index (χ2v) is 2.71. The summed E-state index contributed by atoms with van der Waals surface area (Å²) in [5.74, 6) is 0.911. The Hall–Kier alpha value is -1.12. The SMILES string of the molecule is CBNc1ccc(OC)cc1C. The molecular formula is C9H14BNO. The maximum atomic E-state index is 5.10. The van der Waals surface area contributed by atoms with Crippen LogP contribution in [-0.4, -0.2) is 14.5 Å². The molecule has 0 amide bonds. The third-order valence-corrected chi connectivity index (χ3v) is 1.80. The molecule has 0 unspecified atom stereocenters. The number of rotatable bonds is 3. The van der Waals surface area contributed by atoms with E-state index >= 15 is 0 Å². The standard InChI is InChI=1S/C9H14BNO/c1-7-6-8(12-3)4-5-9(7)11-10-2/h4-6,10-11H,1-3H3. The summed E-state index contributed by atoms with van der Waals surface area (Å²) in [5, 5.41) is 3.27. The van der Waals surface area contributed by atoms with Crippen molar-refractivity contribution in [3.8, 4) is 5.75 Å². The Bertz CT molecular complexity index is 263. The van der Waals surface area contributed by atoms with Crippen molar-refractivity contribution in [2.45, 2.75) is 13.7 Å². The molecule has 1 aromatic rings. The molecule has 0 bridgehead atoms. The number of hydrogen-bond donors (Lipinski definition) is 1. The fourth-order valence-electron chi connectivity index (χ4n) is 1.15. The van der Waals surface area contributed by atoms with Gasteiger partial charge in [0.1, 0.15) is 5.75 Å². The van der Waals surface area contributed by atoms with Crippen molar-refractivity contribution in [3.05, 3.63) is 23.8 Å². The third-order valence-electron chi connectivity index (χ3n) is 1.80. The molecule has 1 rings (SSSR count). The van der Waals surface area contributed by atoms with E-state index < -0.39 is 0 Å². The van der Waals surface area contributed by atoms with Crippen LogP contribution < -0.4 is 9.96 Å². The molecule has 12 heavy (non-hydrogen) atoms. The fraction of sp³-hybridized carbons (Fsp3) is 0.333. The molecule has 0 saturated heterocycles. The average molecular weight is 163 g/mol. The highest BCUT2D eigenvalue weighted by Gasteiger charge is 1.97. The molecule has 1 N–H and O–H groups in total. The number of nitrogens with one attached hydrogen (secondary N) is 1. The largest absolute Gasteiger partial charge is 0.497 e. The van der Waals surface area contributed by atoms with Gasteiger partial charge in [0.25, 0.3) is 0 Å². The van der Waals surface area contributed by atoms with Gasteiger partial charge in [0, 0.05) is 5.69 Å². The van der Waals surface area contributed by atoms with Crippen molar-refractivity contribution >= 4 is 13.1 Å². The lowest BCUT2D eigenvalue weighted by Crippen LogP contribution is -2.02. The van der Waals surface area contributed by atoms with Crippen LogP contribution in [0.5, 0.6) is 5.75 Å². The van der Waals surface area contributed by atoms with Crippen LogP contribution in [0.25, 0.3) is 0 Å². The smallest absolute Gasteiger partial charge is 0.229 e. The zero-order valence-corrected chi connectivity index (χ0v) is 7.85. The molecule has 0 aromatic heterocycles. The Morgan fingerprint density at radius 1 is 1.42 bits per heavy atom. The fourth-order valence-corrected chi connectivity index (χ4v) is 1.15. The Morgan fingerprint density at radius 2 is 2.17 bits per heavy atom. The highest BCUT2D eigenvalue weighted by molar-refractivity contribution is 6.38. The van der Waals surface area contributed by atoms with Gasteiger partial charge in [0.15, 0.2) is 0 Å². The van der Waals surface area contributed by atoms with Gasteiger partial charge >= 0.3 is 0 Å². The van der Waals surface area contributed by atoms with Gasteiger partial charge in [-0.1, -0.05) is 6.82 Å². The molecule has 3 heteroatoms. The summed E-state index contributed by atoms with van der Waals surface area (Å²) >= 11 is 0. The molecule has 0 radical (unpaired) electrons. The van der Waals surface area contributed by atoms with Gasteiger partial charge < -0.3 is 9.96 Å². The number of benzene rings is 1. The molecule has 1 aromatic carbocycles. The van der Waals surface area contributed by atoms with Crippen molar-refractivity contribution in [1.29, 1.82) is 0 Å². The monoisotopic (exact) mass is 163 g/mol. The molecule has 0 heterocycles. The van der Waals surface area contributed by atoms with Crippen molar-refractivity contribution in [3.63, 3.8) is 0 Å². The van der Waals surface area contributed by atoms with Crippen LogP contribution in [-0.2, 0) is 0 Å². The van der Waals surface area contributed by atoms with E-state index in [9.17, 15) is 0 Å². The van der Waals surface area contributed by atoms with E-state index in [4.69, 9.17) is 4.74 Å². The number of anilines is 1. The summed E-state index contributed by atoms with van der Waals surface area (Å²) in [6, 6.07) is 6.03. The first-order valence-corrected chi connectivity index (χ1v) is 4.16. The highest BCUT2D eigenvalue weighted by Crippen LogP contribution is 2.20. The summed E-state index contributed by atoms with van der Waals surface area (Å²) in [4.78, 5) is 0. The van der Waals surface area contributed by atoms with Gasteiger partial charge in [-0.05, 0) is 30.7 Å². The zero-order chi connectivity index (χ0) is 8.97. The summed E-state index contributed by atoms with van der Waals surface area (Å²) in [5.41, 5.74) is 2.40. The van der Waals surface area contributed by atoms with Gasteiger partial charge in [0.05, 0.1) is 7.11 Å². The van der Waals surface area contributed by atoms with Crippen LogP contribution in [0.1, 0.15) is 5.56 Å². The number of aryl methyl sites for hydroxylation is 1. The summed E-state index contributed by atoms with van der Waals surface area (Å²) in [7, 11) is 2.63. The zero-order valence-electron chi connectivity index (χ0n) is 7.85.